The summed E-state index contributed by atoms with van der Waals surface area (Å²) in [5.74, 6) is 0.940. The fraction of sp³-hybridized carbons (Fsp3) is 1.00. The standard InChI is InChI=1S/C8H16O2S/c1-7-4-5-11(9,10)8(2,3)6-7/h7H,4-6H2,1-3H3. The van der Waals surface area contributed by atoms with E-state index < -0.39 is 14.6 Å². The Morgan fingerprint density at radius 3 is 2.27 bits per heavy atom. The third-order valence-corrected chi connectivity index (χ3v) is 5.19. The van der Waals surface area contributed by atoms with Crippen LogP contribution in [0.15, 0.2) is 0 Å². The molecule has 0 bridgehead atoms. The Morgan fingerprint density at radius 1 is 1.36 bits per heavy atom. The van der Waals surface area contributed by atoms with E-state index in [0.717, 1.165) is 12.8 Å². The van der Waals surface area contributed by atoms with Crippen molar-refractivity contribution in [1.29, 1.82) is 0 Å². The van der Waals surface area contributed by atoms with Crippen molar-refractivity contribution >= 4 is 9.84 Å². The predicted octanol–water partition coefficient (Wildman–Crippen LogP) is 1.61. The smallest absolute Gasteiger partial charge is 0.155 e. The molecule has 0 aromatic carbocycles. The highest BCUT2D eigenvalue weighted by Gasteiger charge is 2.39. The summed E-state index contributed by atoms with van der Waals surface area (Å²) in [4.78, 5) is 0. The van der Waals surface area contributed by atoms with Crippen LogP contribution in [0.1, 0.15) is 33.6 Å². The maximum atomic E-state index is 11.4. The first-order chi connectivity index (χ1) is 4.85. The van der Waals surface area contributed by atoms with E-state index in [1.807, 2.05) is 13.8 Å². The highest BCUT2D eigenvalue weighted by molar-refractivity contribution is 7.92. The lowest BCUT2D eigenvalue weighted by Crippen LogP contribution is -2.40. The Hall–Kier alpha value is -0.0500. The minimum absolute atomic E-state index is 0.376. The van der Waals surface area contributed by atoms with Crippen LogP contribution in [0.4, 0.5) is 0 Å². The molecule has 0 saturated carbocycles. The van der Waals surface area contributed by atoms with Crippen LogP contribution in [0.3, 0.4) is 0 Å². The summed E-state index contributed by atoms with van der Waals surface area (Å²) >= 11 is 0. The van der Waals surface area contributed by atoms with E-state index in [2.05, 4.69) is 6.92 Å². The summed E-state index contributed by atoms with van der Waals surface area (Å²) in [6.07, 6.45) is 1.65. The van der Waals surface area contributed by atoms with Gasteiger partial charge in [-0.25, -0.2) is 8.42 Å². The summed E-state index contributed by atoms with van der Waals surface area (Å²) in [7, 11) is -2.79. The molecule has 1 heterocycles. The van der Waals surface area contributed by atoms with Gasteiger partial charge < -0.3 is 0 Å². The molecule has 0 aromatic heterocycles. The molecular formula is C8H16O2S. The zero-order valence-corrected chi connectivity index (χ0v) is 8.24. The molecule has 0 aromatic rings. The van der Waals surface area contributed by atoms with Gasteiger partial charge in [-0.2, -0.15) is 0 Å². The number of hydrogen-bond donors (Lipinski definition) is 0. The van der Waals surface area contributed by atoms with E-state index in [1.165, 1.54) is 0 Å². The van der Waals surface area contributed by atoms with Crippen molar-refractivity contribution in [3.05, 3.63) is 0 Å². The zero-order valence-electron chi connectivity index (χ0n) is 7.42. The molecule has 0 aliphatic carbocycles. The van der Waals surface area contributed by atoms with Crippen molar-refractivity contribution in [2.45, 2.75) is 38.4 Å². The molecule has 11 heavy (non-hydrogen) atoms. The molecule has 2 nitrogen and oxygen atoms in total. The minimum Gasteiger partial charge on any atom is -0.228 e. The summed E-state index contributed by atoms with van der Waals surface area (Å²) < 4.78 is 22.4. The van der Waals surface area contributed by atoms with Gasteiger partial charge in [0.05, 0.1) is 10.5 Å². The molecule has 3 heteroatoms. The molecule has 1 aliphatic rings. The van der Waals surface area contributed by atoms with Gasteiger partial charge in [-0.3, -0.25) is 0 Å². The normalized spacial score (nSPS) is 35.0. The number of hydrogen-bond acceptors (Lipinski definition) is 2. The second-order valence-electron chi connectivity index (χ2n) is 4.18. The van der Waals surface area contributed by atoms with Gasteiger partial charge in [-0.1, -0.05) is 6.92 Å². The van der Waals surface area contributed by atoms with Crippen LogP contribution in [0.25, 0.3) is 0 Å². The van der Waals surface area contributed by atoms with Gasteiger partial charge in [-0.05, 0) is 32.6 Å². The second kappa shape index (κ2) is 2.47. The highest BCUT2D eigenvalue weighted by Crippen LogP contribution is 2.33. The van der Waals surface area contributed by atoms with Gasteiger partial charge in [0.2, 0.25) is 0 Å². The molecular weight excluding hydrogens is 160 g/mol. The van der Waals surface area contributed by atoms with E-state index in [4.69, 9.17) is 0 Å². The lowest BCUT2D eigenvalue weighted by molar-refractivity contribution is 0.403. The van der Waals surface area contributed by atoms with Gasteiger partial charge >= 0.3 is 0 Å². The van der Waals surface area contributed by atoms with Gasteiger partial charge in [0.15, 0.2) is 9.84 Å². The van der Waals surface area contributed by atoms with E-state index in [0.29, 0.717) is 11.7 Å². The van der Waals surface area contributed by atoms with Crippen molar-refractivity contribution in [1.82, 2.24) is 0 Å². The monoisotopic (exact) mass is 176 g/mol. The zero-order chi connectivity index (χ0) is 8.70. The summed E-state index contributed by atoms with van der Waals surface area (Å²) in [5, 5.41) is 0. The average Bonchev–Trinajstić information content (AvgIpc) is 1.80. The Morgan fingerprint density at radius 2 is 1.91 bits per heavy atom. The predicted molar refractivity (Wildman–Crippen MR) is 46.3 cm³/mol. The first-order valence-electron chi connectivity index (χ1n) is 4.07. The molecule has 0 spiro atoms. The van der Waals surface area contributed by atoms with Gasteiger partial charge in [0, 0.05) is 0 Å². The van der Waals surface area contributed by atoms with E-state index >= 15 is 0 Å². The van der Waals surface area contributed by atoms with Crippen LogP contribution in [0, 0.1) is 5.92 Å². The summed E-state index contributed by atoms with van der Waals surface area (Å²) in [5.41, 5.74) is 0. The Bertz CT molecular complexity index is 239. The van der Waals surface area contributed by atoms with E-state index in [1.54, 1.807) is 0 Å². The Balaban J connectivity index is 2.90. The summed E-state index contributed by atoms with van der Waals surface area (Å²) in [6, 6.07) is 0. The highest BCUT2D eigenvalue weighted by atomic mass is 32.2. The van der Waals surface area contributed by atoms with Crippen molar-refractivity contribution in [3.8, 4) is 0 Å². The SMILES string of the molecule is CC1CCS(=O)(=O)C(C)(C)C1. The van der Waals surface area contributed by atoms with Crippen LogP contribution < -0.4 is 0 Å². The fourth-order valence-corrected chi connectivity index (χ4v) is 3.50. The van der Waals surface area contributed by atoms with Crippen LogP contribution in [0.2, 0.25) is 0 Å². The molecule has 0 radical (unpaired) electrons. The quantitative estimate of drug-likeness (QED) is 0.562. The number of sulfone groups is 1. The van der Waals surface area contributed by atoms with Crippen molar-refractivity contribution in [2.24, 2.45) is 5.92 Å². The molecule has 1 atom stereocenters. The first-order valence-corrected chi connectivity index (χ1v) is 5.73. The third-order valence-electron chi connectivity index (χ3n) is 2.56. The lowest BCUT2D eigenvalue weighted by Gasteiger charge is -2.33. The van der Waals surface area contributed by atoms with Gasteiger partial charge in [0.1, 0.15) is 0 Å². The average molecular weight is 176 g/mol. The third kappa shape index (κ3) is 1.58. The lowest BCUT2D eigenvalue weighted by atomic mass is 9.95. The van der Waals surface area contributed by atoms with Crippen LogP contribution in [0.5, 0.6) is 0 Å². The molecule has 1 unspecified atom stereocenters. The molecule has 0 amide bonds. The second-order valence-corrected chi connectivity index (χ2v) is 6.92. The maximum absolute atomic E-state index is 11.4. The van der Waals surface area contributed by atoms with E-state index in [-0.39, 0.29) is 0 Å². The van der Waals surface area contributed by atoms with Gasteiger partial charge in [-0.15, -0.1) is 0 Å². The van der Waals surface area contributed by atoms with Crippen LogP contribution >= 0.6 is 0 Å². The van der Waals surface area contributed by atoms with E-state index in [9.17, 15) is 8.42 Å². The van der Waals surface area contributed by atoms with Crippen LogP contribution in [-0.4, -0.2) is 18.9 Å². The maximum Gasteiger partial charge on any atom is 0.155 e. The summed E-state index contributed by atoms with van der Waals surface area (Å²) in [6.45, 7) is 5.78. The first kappa shape index (κ1) is 9.04. The Labute approximate surface area is 68.9 Å². The van der Waals surface area contributed by atoms with Crippen LogP contribution in [-0.2, 0) is 9.84 Å². The van der Waals surface area contributed by atoms with Gasteiger partial charge in [0.25, 0.3) is 0 Å². The topological polar surface area (TPSA) is 34.1 Å². The molecule has 66 valence electrons. The molecule has 1 saturated heterocycles. The Kier molecular flexibility index (Phi) is 2.03. The van der Waals surface area contributed by atoms with Crippen molar-refractivity contribution in [3.63, 3.8) is 0 Å². The molecule has 1 rings (SSSR count). The molecule has 0 N–H and O–H groups in total. The number of rotatable bonds is 0. The fourth-order valence-electron chi connectivity index (χ4n) is 1.70. The minimum atomic E-state index is -2.79. The molecule has 1 aliphatic heterocycles. The van der Waals surface area contributed by atoms with Crippen molar-refractivity contribution < 1.29 is 8.42 Å². The van der Waals surface area contributed by atoms with Crippen molar-refractivity contribution in [2.75, 3.05) is 5.75 Å². The molecule has 1 fully saturated rings. The largest absolute Gasteiger partial charge is 0.228 e.